The molecule has 0 radical (unpaired) electrons. The molecule has 0 aliphatic carbocycles. The van der Waals surface area contributed by atoms with Gasteiger partial charge in [-0.1, -0.05) is 13.8 Å². The standard InChI is InChI=1S/C15H19F3N2O/c1-9-5-10(2)7-20(6-9)8-13(21)19-12-4-3-11(16)14(17)15(12)18/h3-4,9-10H,5-8H2,1-2H3,(H,19,21)/t9-,10-/m1/s1. The third-order valence-electron chi connectivity index (χ3n) is 3.62. The maximum absolute atomic E-state index is 13.5. The molecular weight excluding hydrogens is 281 g/mol. The van der Waals surface area contributed by atoms with E-state index < -0.39 is 23.4 Å². The summed E-state index contributed by atoms with van der Waals surface area (Å²) in [5, 5.41) is 2.29. The number of halogens is 3. The van der Waals surface area contributed by atoms with Crippen LogP contribution >= 0.6 is 0 Å². The Kier molecular flexibility index (Phi) is 4.88. The number of likely N-dealkylation sites (tertiary alicyclic amines) is 1. The van der Waals surface area contributed by atoms with Gasteiger partial charge >= 0.3 is 0 Å². The molecule has 0 saturated carbocycles. The summed E-state index contributed by atoms with van der Waals surface area (Å²) in [6.45, 7) is 5.97. The van der Waals surface area contributed by atoms with Crippen LogP contribution in [0.3, 0.4) is 0 Å². The third kappa shape index (κ3) is 3.97. The van der Waals surface area contributed by atoms with Crippen LogP contribution in [0.2, 0.25) is 0 Å². The molecule has 0 unspecified atom stereocenters. The second-order valence-electron chi connectivity index (χ2n) is 5.91. The van der Waals surface area contributed by atoms with Crippen LogP contribution in [0.4, 0.5) is 18.9 Å². The van der Waals surface area contributed by atoms with E-state index in [-0.39, 0.29) is 12.2 Å². The van der Waals surface area contributed by atoms with E-state index in [1.54, 1.807) is 0 Å². The van der Waals surface area contributed by atoms with E-state index in [1.807, 2.05) is 4.90 Å². The summed E-state index contributed by atoms with van der Waals surface area (Å²) in [6, 6.07) is 1.81. The van der Waals surface area contributed by atoms with Crippen LogP contribution in [0.1, 0.15) is 20.3 Å². The largest absolute Gasteiger partial charge is 0.322 e. The highest BCUT2D eigenvalue weighted by molar-refractivity contribution is 5.92. The fourth-order valence-electron chi connectivity index (χ4n) is 2.94. The third-order valence-corrected chi connectivity index (χ3v) is 3.62. The number of carbonyl (C=O) groups is 1. The second kappa shape index (κ2) is 6.47. The normalized spacial score (nSPS) is 23.1. The molecule has 1 aliphatic rings. The van der Waals surface area contributed by atoms with Gasteiger partial charge in [0.1, 0.15) is 0 Å². The zero-order valence-corrected chi connectivity index (χ0v) is 12.1. The van der Waals surface area contributed by atoms with Crippen molar-refractivity contribution in [2.75, 3.05) is 25.0 Å². The topological polar surface area (TPSA) is 32.3 Å². The molecule has 1 fully saturated rings. The molecule has 1 aromatic rings. The van der Waals surface area contributed by atoms with Crippen molar-refractivity contribution in [1.82, 2.24) is 4.90 Å². The number of piperidine rings is 1. The lowest BCUT2D eigenvalue weighted by Gasteiger charge is -2.34. The first-order valence-corrected chi connectivity index (χ1v) is 7.02. The van der Waals surface area contributed by atoms with E-state index in [9.17, 15) is 18.0 Å². The molecule has 21 heavy (non-hydrogen) atoms. The van der Waals surface area contributed by atoms with Gasteiger partial charge in [-0.05, 0) is 30.4 Å². The Bertz CT molecular complexity index is 526. The Morgan fingerprint density at radius 3 is 2.43 bits per heavy atom. The summed E-state index contributed by atoms with van der Waals surface area (Å²) in [7, 11) is 0. The summed E-state index contributed by atoms with van der Waals surface area (Å²) >= 11 is 0. The minimum Gasteiger partial charge on any atom is -0.322 e. The van der Waals surface area contributed by atoms with Gasteiger partial charge in [-0.2, -0.15) is 0 Å². The maximum atomic E-state index is 13.5. The van der Waals surface area contributed by atoms with E-state index >= 15 is 0 Å². The number of hydrogen-bond acceptors (Lipinski definition) is 2. The molecule has 0 bridgehead atoms. The summed E-state index contributed by atoms with van der Waals surface area (Å²) in [6.07, 6.45) is 1.12. The highest BCUT2D eigenvalue weighted by atomic mass is 19.2. The molecule has 3 nitrogen and oxygen atoms in total. The van der Waals surface area contributed by atoms with E-state index in [2.05, 4.69) is 19.2 Å². The van der Waals surface area contributed by atoms with Crippen molar-refractivity contribution in [3.63, 3.8) is 0 Å². The Hall–Kier alpha value is -1.56. The summed E-state index contributed by atoms with van der Waals surface area (Å²) < 4.78 is 39.4. The number of carbonyl (C=O) groups excluding carboxylic acids is 1. The predicted molar refractivity (Wildman–Crippen MR) is 74.3 cm³/mol. The second-order valence-corrected chi connectivity index (χ2v) is 5.91. The zero-order chi connectivity index (χ0) is 15.6. The smallest absolute Gasteiger partial charge is 0.238 e. The average molecular weight is 300 g/mol. The molecule has 1 aromatic carbocycles. The van der Waals surface area contributed by atoms with E-state index in [4.69, 9.17) is 0 Å². The van der Waals surface area contributed by atoms with Gasteiger partial charge in [-0.3, -0.25) is 9.69 Å². The molecule has 1 amide bonds. The predicted octanol–water partition coefficient (Wildman–Crippen LogP) is 3.02. The number of rotatable bonds is 3. The number of nitrogens with zero attached hydrogens (tertiary/aromatic N) is 1. The summed E-state index contributed by atoms with van der Waals surface area (Å²) in [4.78, 5) is 13.9. The van der Waals surface area contributed by atoms with Gasteiger partial charge in [0.15, 0.2) is 17.5 Å². The van der Waals surface area contributed by atoms with Crippen molar-refractivity contribution in [1.29, 1.82) is 0 Å². The lowest BCUT2D eigenvalue weighted by Crippen LogP contribution is -2.42. The van der Waals surface area contributed by atoms with Crippen LogP contribution in [0.15, 0.2) is 12.1 Å². The van der Waals surface area contributed by atoms with Crippen molar-refractivity contribution >= 4 is 11.6 Å². The molecule has 1 saturated heterocycles. The monoisotopic (exact) mass is 300 g/mol. The van der Waals surface area contributed by atoms with E-state index in [0.29, 0.717) is 11.8 Å². The molecule has 1 N–H and O–H groups in total. The highest BCUT2D eigenvalue weighted by Crippen LogP contribution is 2.22. The Morgan fingerprint density at radius 1 is 1.19 bits per heavy atom. The minimum absolute atomic E-state index is 0.118. The van der Waals surface area contributed by atoms with Gasteiger partial charge in [0.2, 0.25) is 5.91 Å². The molecule has 116 valence electrons. The molecule has 1 heterocycles. The van der Waals surface area contributed by atoms with Crippen LogP contribution in [0, 0.1) is 29.3 Å². The number of anilines is 1. The highest BCUT2D eigenvalue weighted by Gasteiger charge is 2.24. The maximum Gasteiger partial charge on any atom is 0.238 e. The van der Waals surface area contributed by atoms with Gasteiger partial charge in [-0.25, -0.2) is 13.2 Å². The van der Waals surface area contributed by atoms with Gasteiger partial charge in [0, 0.05) is 13.1 Å². The Balaban J connectivity index is 1.97. The first kappa shape index (κ1) is 15.8. The molecule has 2 rings (SSSR count). The average Bonchev–Trinajstić information content (AvgIpc) is 2.38. The van der Waals surface area contributed by atoms with Gasteiger partial charge < -0.3 is 5.32 Å². The lowest BCUT2D eigenvalue weighted by molar-refractivity contribution is -0.117. The van der Waals surface area contributed by atoms with Gasteiger partial charge in [0.25, 0.3) is 0 Å². The molecule has 0 spiro atoms. The molecule has 6 heteroatoms. The van der Waals surface area contributed by atoms with Crippen molar-refractivity contribution in [2.45, 2.75) is 20.3 Å². The quantitative estimate of drug-likeness (QED) is 0.870. The summed E-state index contributed by atoms with van der Waals surface area (Å²) in [5.74, 6) is -3.65. The minimum atomic E-state index is -1.58. The number of amides is 1. The van der Waals surface area contributed by atoms with Crippen molar-refractivity contribution in [3.05, 3.63) is 29.6 Å². The zero-order valence-electron chi connectivity index (χ0n) is 12.1. The number of nitrogens with one attached hydrogen (secondary N) is 1. The van der Waals surface area contributed by atoms with Gasteiger partial charge in [0.05, 0.1) is 12.2 Å². The van der Waals surface area contributed by atoms with Crippen molar-refractivity contribution in [3.8, 4) is 0 Å². The SMILES string of the molecule is C[C@@H]1C[C@@H](C)CN(CC(=O)Nc2ccc(F)c(F)c2F)C1. The summed E-state index contributed by atoms with van der Waals surface area (Å²) in [5.41, 5.74) is -0.336. The Labute approximate surface area is 122 Å². The fourth-order valence-corrected chi connectivity index (χ4v) is 2.94. The molecule has 1 aliphatic heterocycles. The molecule has 0 aromatic heterocycles. The van der Waals surface area contributed by atoms with Crippen LogP contribution in [-0.4, -0.2) is 30.4 Å². The van der Waals surface area contributed by atoms with E-state index in [0.717, 1.165) is 31.6 Å². The van der Waals surface area contributed by atoms with Crippen molar-refractivity contribution in [2.24, 2.45) is 11.8 Å². The first-order valence-electron chi connectivity index (χ1n) is 7.02. The van der Waals surface area contributed by atoms with Crippen LogP contribution in [0.25, 0.3) is 0 Å². The van der Waals surface area contributed by atoms with Crippen LogP contribution in [-0.2, 0) is 4.79 Å². The number of hydrogen-bond donors (Lipinski definition) is 1. The molecule has 2 atom stereocenters. The first-order chi connectivity index (χ1) is 9.86. The van der Waals surface area contributed by atoms with Crippen LogP contribution < -0.4 is 5.32 Å². The molecular formula is C15H19F3N2O. The van der Waals surface area contributed by atoms with Gasteiger partial charge in [-0.15, -0.1) is 0 Å². The lowest BCUT2D eigenvalue weighted by atomic mass is 9.92. The number of benzene rings is 1. The van der Waals surface area contributed by atoms with E-state index in [1.165, 1.54) is 0 Å². The van der Waals surface area contributed by atoms with Crippen molar-refractivity contribution < 1.29 is 18.0 Å². The fraction of sp³-hybridized carbons (Fsp3) is 0.533. The van der Waals surface area contributed by atoms with Crippen LogP contribution in [0.5, 0.6) is 0 Å². The Morgan fingerprint density at radius 2 is 1.81 bits per heavy atom.